The van der Waals surface area contributed by atoms with Crippen molar-refractivity contribution in [3.8, 4) is 5.95 Å². The maximum absolute atomic E-state index is 13.2. The van der Waals surface area contributed by atoms with E-state index in [2.05, 4.69) is 21.1 Å². The van der Waals surface area contributed by atoms with Gasteiger partial charge in [0.25, 0.3) is 11.5 Å². The van der Waals surface area contributed by atoms with Crippen LogP contribution in [0.1, 0.15) is 34.2 Å². The summed E-state index contributed by atoms with van der Waals surface area (Å²) in [4.78, 5) is 33.7. The van der Waals surface area contributed by atoms with Crippen molar-refractivity contribution in [3.05, 3.63) is 69.4 Å². The fraction of sp³-hybridized carbons (Fsp3) is 0.263. The number of nitrogens with one attached hydrogen (secondary N) is 1. The van der Waals surface area contributed by atoms with Crippen molar-refractivity contribution < 1.29 is 4.79 Å². The highest BCUT2D eigenvalue weighted by Crippen LogP contribution is 2.33. The van der Waals surface area contributed by atoms with Gasteiger partial charge in [0, 0.05) is 23.5 Å². The minimum absolute atomic E-state index is 0.0829. The normalized spacial score (nSPS) is 16.0. The largest absolute Gasteiger partial charge is 0.305 e. The number of nitrogens with zero attached hydrogens (tertiary/aromatic N) is 4. The minimum atomic E-state index is -0.252. The summed E-state index contributed by atoms with van der Waals surface area (Å²) in [5, 5.41) is 4.28. The molecule has 1 aliphatic rings. The van der Waals surface area contributed by atoms with Gasteiger partial charge in [-0.15, -0.1) is 0 Å². The van der Waals surface area contributed by atoms with Gasteiger partial charge in [-0.1, -0.05) is 18.2 Å². The average Bonchev–Trinajstić information content (AvgIpc) is 3.12. The zero-order valence-electron chi connectivity index (χ0n) is 14.9. The molecule has 1 atom stereocenters. The molecule has 0 spiro atoms. The van der Waals surface area contributed by atoms with Gasteiger partial charge in [-0.25, -0.2) is 9.67 Å². The van der Waals surface area contributed by atoms with Crippen molar-refractivity contribution in [1.29, 1.82) is 0 Å². The van der Waals surface area contributed by atoms with E-state index >= 15 is 0 Å². The molecule has 0 bridgehead atoms. The van der Waals surface area contributed by atoms with E-state index in [1.54, 1.807) is 13.8 Å². The second-order valence-corrected chi connectivity index (χ2v) is 6.62. The summed E-state index contributed by atoms with van der Waals surface area (Å²) in [7, 11) is 0. The van der Waals surface area contributed by atoms with Crippen molar-refractivity contribution in [1.82, 2.24) is 19.7 Å². The fourth-order valence-corrected chi connectivity index (χ4v) is 3.50. The van der Waals surface area contributed by atoms with Gasteiger partial charge in [0.05, 0.1) is 17.5 Å². The maximum Gasteiger partial charge on any atom is 0.262 e. The van der Waals surface area contributed by atoms with Crippen LogP contribution in [0.5, 0.6) is 0 Å². The number of hydrogen-bond acceptors (Lipinski definition) is 4. The van der Waals surface area contributed by atoms with Crippen molar-refractivity contribution in [2.75, 3.05) is 4.90 Å². The highest BCUT2D eigenvalue weighted by atomic mass is 16.2. The summed E-state index contributed by atoms with van der Waals surface area (Å²) in [5.41, 5.74) is 3.59. The number of anilines is 1. The Morgan fingerprint density at radius 1 is 1.27 bits per heavy atom. The fourth-order valence-electron chi connectivity index (χ4n) is 3.50. The molecule has 132 valence electrons. The smallest absolute Gasteiger partial charge is 0.262 e. The molecule has 4 rings (SSSR count). The molecule has 3 aromatic rings. The van der Waals surface area contributed by atoms with Gasteiger partial charge in [-0.05, 0) is 38.8 Å². The summed E-state index contributed by atoms with van der Waals surface area (Å²) in [5.74, 6) is 0.211. The predicted molar refractivity (Wildman–Crippen MR) is 97.9 cm³/mol. The predicted octanol–water partition coefficient (Wildman–Crippen LogP) is 2.16. The molecule has 7 nitrogen and oxygen atoms in total. The van der Waals surface area contributed by atoms with E-state index in [-0.39, 0.29) is 17.5 Å². The molecule has 1 aromatic carbocycles. The Hall–Kier alpha value is -3.22. The van der Waals surface area contributed by atoms with Gasteiger partial charge in [0.2, 0.25) is 5.95 Å². The Labute approximate surface area is 150 Å². The Balaban J connectivity index is 1.75. The highest BCUT2D eigenvalue weighted by Gasteiger charge is 2.33. The topological polar surface area (TPSA) is 83.9 Å². The SMILES string of the molecule is Cc1cc(=O)[nH]c(-n2ncc(C(=O)N3c4ccccc4CC3C)c2C)n1. The van der Waals surface area contributed by atoms with Crippen molar-refractivity contribution in [2.45, 2.75) is 33.2 Å². The molecule has 26 heavy (non-hydrogen) atoms. The average molecular weight is 349 g/mol. The van der Waals surface area contributed by atoms with E-state index in [9.17, 15) is 9.59 Å². The number of aryl methyl sites for hydroxylation is 1. The van der Waals surface area contributed by atoms with Gasteiger partial charge in [-0.2, -0.15) is 5.10 Å². The first-order chi connectivity index (χ1) is 12.5. The number of hydrogen-bond donors (Lipinski definition) is 1. The van der Waals surface area contributed by atoms with Gasteiger partial charge < -0.3 is 4.90 Å². The lowest BCUT2D eigenvalue weighted by molar-refractivity contribution is 0.0981. The summed E-state index contributed by atoms with van der Waals surface area (Å²) in [6, 6.07) is 9.45. The number of aromatic nitrogens is 4. The lowest BCUT2D eigenvalue weighted by Gasteiger charge is -2.22. The van der Waals surface area contributed by atoms with Crippen LogP contribution in [0.2, 0.25) is 0 Å². The van der Waals surface area contributed by atoms with Crippen molar-refractivity contribution in [2.24, 2.45) is 0 Å². The van der Waals surface area contributed by atoms with Gasteiger partial charge in [0.15, 0.2) is 0 Å². The van der Waals surface area contributed by atoms with E-state index in [1.165, 1.54) is 22.5 Å². The number of carbonyl (C=O) groups is 1. The molecular formula is C19H19N5O2. The Morgan fingerprint density at radius 3 is 2.81 bits per heavy atom. The monoisotopic (exact) mass is 349 g/mol. The molecule has 1 unspecified atom stereocenters. The zero-order valence-corrected chi connectivity index (χ0v) is 14.9. The summed E-state index contributed by atoms with van der Waals surface area (Å²) in [6.07, 6.45) is 2.37. The number of benzene rings is 1. The number of aromatic amines is 1. The van der Waals surface area contributed by atoms with Gasteiger partial charge >= 0.3 is 0 Å². The molecule has 0 saturated heterocycles. The zero-order chi connectivity index (χ0) is 18.4. The third-order valence-electron chi connectivity index (χ3n) is 4.72. The van der Waals surface area contributed by atoms with Crippen molar-refractivity contribution >= 4 is 11.6 Å². The first-order valence-electron chi connectivity index (χ1n) is 8.50. The van der Waals surface area contributed by atoms with Crippen LogP contribution in [0.4, 0.5) is 5.69 Å². The van der Waals surface area contributed by atoms with E-state index < -0.39 is 0 Å². The number of para-hydroxylation sites is 1. The third-order valence-corrected chi connectivity index (χ3v) is 4.72. The molecule has 0 aliphatic carbocycles. The molecule has 0 saturated carbocycles. The van der Waals surface area contributed by atoms with E-state index in [0.717, 1.165) is 12.1 Å². The van der Waals surface area contributed by atoms with Gasteiger partial charge in [0.1, 0.15) is 0 Å². The lowest BCUT2D eigenvalue weighted by Crippen LogP contribution is -2.36. The second kappa shape index (κ2) is 5.94. The molecular weight excluding hydrogens is 330 g/mol. The highest BCUT2D eigenvalue weighted by molar-refractivity contribution is 6.08. The van der Waals surface area contributed by atoms with Crippen LogP contribution < -0.4 is 10.5 Å². The molecule has 2 aromatic heterocycles. The van der Waals surface area contributed by atoms with Gasteiger partial charge in [-0.3, -0.25) is 14.6 Å². The molecule has 1 amide bonds. The second-order valence-electron chi connectivity index (χ2n) is 6.62. The molecule has 1 N–H and O–H groups in total. The number of fused-ring (bicyclic) bond motifs is 1. The van der Waals surface area contributed by atoms with E-state index in [1.807, 2.05) is 30.0 Å². The third kappa shape index (κ3) is 2.52. The number of H-pyrrole nitrogens is 1. The van der Waals surface area contributed by atoms with E-state index in [0.29, 0.717) is 22.9 Å². The molecule has 7 heteroatoms. The van der Waals surface area contributed by atoms with Crippen LogP contribution in [0.15, 0.2) is 41.3 Å². The molecule has 0 radical (unpaired) electrons. The standard InChI is InChI=1S/C19H19N5O2/c1-11-8-17(25)22-19(21-11)24-13(3)15(10-20-24)18(26)23-12(2)9-14-6-4-5-7-16(14)23/h4-8,10,12H,9H2,1-3H3,(H,21,22,25). The Bertz CT molecular complexity index is 1070. The van der Waals surface area contributed by atoms with Crippen LogP contribution in [0.3, 0.4) is 0 Å². The summed E-state index contributed by atoms with van der Waals surface area (Å²) < 4.78 is 1.49. The van der Waals surface area contributed by atoms with Crippen LogP contribution in [-0.2, 0) is 6.42 Å². The van der Waals surface area contributed by atoms with Crippen LogP contribution >= 0.6 is 0 Å². The van der Waals surface area contributed by atoms with Crippen LogP contribution in [0.25, 0.3) is 5.95 Å². The minimum Gasteiger partial charge on any atom is -0.305 e. The number of rotatable bonds is 2. The van der Waals surface area contributed by atoms with Crippen LogP contribution in [-0.4, -0.2) is 31.7 Å². The van der Waals surface area contributed by atoms with Crippen LogP contribution in [0, 0.1) is 13.8 Å². The summed E-state index contributed by atoms with van der Waals surface area (Å²) in [6.45, 7) is 5.58. The lowest BCUT2D eigenvalue weighted by atomic mass is 10.1. The van der Waals surface area contributed by atoms with Crippen molar-refractivity contribution in [3.63, 3.8) is 0 Å². The first-order valence-corrected chi connectivity index (χ1v) is 8.50. The Kier molecular flexibility index (Phi) is 3.72. The maximum atomic E-state index is 13.2. The Morgan fingerprint density at radius 2 is 2.04 bits per heavy atom. The van der Waals surface area contributed by atoms with E-state index in [4.69, 9.17) is 0 Å². The molecule has 1 aliphatic heterocycles. The molecule has 3 heterocycles. The first kappa shape index (κ1) is 16.3. The molecule has 0 fully saturated rings. The number of amides is 1. The quantitative estimate of drug-likeness (QED) is 0.768. The number of carbonyl (C=O) groups excluding carboxylic acids is 1. The summed E-state index contributed by atoms with van der Waals surface area (Å²) >= 11 is 0.